The number of nitrogens with one attached hydrogen (secondary N) is 1. The van der Waals surface area contributed by atoms with Gasteiger partial charge in [0.25, 0.3) is 0 Å². The molecule has 2 heterocycles. The SMILES string of the molecule is COC1CCC(NC(=O)N2CCCCN3[C@H](COCCC(=O)O)[C@H](C4CCC(C#CC5CCCCC5)CC4)[C@@H]3C2)CC1. The highest BCUT2D eigenvalue weighted by molar-refractivity contribution is 5.74. The number of carboxylic acids is 1. The largest absolute Gasteiger partial charge is 0.481 e. The minimum absolute atomic E-state index is 0.0475. The van der Waals surface area contributed by atoms with Crippen LogP contribution in [-0.4, -0.2) is 91.1 Å². The summed E-state index contributed by atoms with van der Waals surface area (Å²) in [7, 11) is 1.78. The average Bonchev–Trinajstić information content (AvgIpc) is 2.99. The van der Waals surface area contributed by atoms with E-state index in [9.17, 15) is 9.59 Å². The van der Waals surface area contributed by atoms with Gasteiger partial charge in [-0.2, -0.15) is 0 Å². The van der Waals surface area contributed by atoms with Crippen molar-refractivity contribution in [2.45, 2.75) is 127 Å². The van der Waals surface area contributed by atoms with E-state index in [1.807, 2.05) is 0 Å². The first-order valence-electron chi connectivity index (χ1n) is 17.2. The van der Waals surface area contributed by atoms with Gasteiger partial charge in [-0.25, -0.2) is 4.79 Å². The number of urea groups is 1. The van der Waals surface area contributed by atoms with E-state index >= 15 is 0 Å². The van der Waals surface area contributed by atoms with Crippen molar-refractivity contribution in [3.8, 4) is 11.8 Å². The Labute approximate surface area is 253 Å². The Morgan fingerprint density at radius 3 is 2.24 bits per heavy atom. The number of hydrogen-bond acceptors (Lipinski definition) is 5. The van der Waals surface area contributed by atoms with Crippen molar-refractivity contribution in [3.05, 3.63) is 0 Å². The summed E-state index contributed by atoms with van der Waals surface area (Å²) in [6, 6.07) is 0.997. The summed E-state index contributed by atoms with van der Waals surface area (Å²) in [5, 5.41) is 12.4. The van der Waals surface area contributed by atoms with Crippen molar-refractivity contribution in [1.29, 1.82) is 0 Å². The molecule has 2 aliphatic heterocycles. The third-order valence-corrected chi connectivity index (χ3v) is 11.0. The van der Waals surface area contributed by atoms with Gasteiger partial charge in [-0.3, -0.25) is 9.69 Å². The molecule has 2 N–H and O–H groups in total. The Morgan fingerprint density at radius 1 is 0.857 bits per heavy atom. The number of aliphatic carboxylic acids is 1. The highest BCUT2D eigenvalue weighted by atomic mass is 16.5. The van der Waals surface area contributed by atoms with E-state index in [4.69, 9.17) is 14.6 Å². The first-order chi connectivity index (χ1) is 20.5. The number of carboxylic acid groups (broad SMARTS) is 1. The number of fused-ring (bicyclic) bond motifs is 1. The topological polar surface area (TPSA) is 91.3 Å². The lowest BCUT2D eigenvalue weighted by molar-refractivity contribution is -0.143. The fraction of sp³-hybridized carbons (Fsp3) is 0.882. The van der Waals surface area contributed by atoms with Crippen LogP contribution in [0.3, 0.4) is 0 Å². The summed E-state index contributed by atoms with van der Waals surface area (Å²) in [4.78, 5) is 29.3. The number of carbonyl (C=O) groups is 2. The Balaban J connectivity index is 1.20. The van der Waals surface area contributed by atoms with Gasteiger partial charge in [0, 0.05) is 50.2 Å². The van der Waals surface area contributed by atoms with Crippen molar-refractivity contribution in [3.63, 3.8) is 0 Å². The summed E-state index contributed by atoms with van der Waals surface area (Å²) in [6.45, 7) is 3.48. The number of nitrogens with zero attached hydrogens (tertiary/aromatic N) is 2. The van der Waals surface area contributed by atoms with Gasteiger partial charge in [-0.15, -0.1) is 0 Å². The molecular formula is C34H55N3O5. The molecule has 0 aromatic rings. The van der Waals surface area contributed by atoms with Crippen molar-refractivity contribution >= 4 is 12.0 Å². The second-order valence-corrected chi connectivity index (χ2v) is 13.7. The lowest BCUT2D eigenvalue weighted by Crippen LogP contribution is -2.71. The molecule has 2 amide bonds. The Bertz CT molecular complexity index is 927. The van der Waals surface area contributed by atoms with Gasteiger partial charge >= 0.3 is 12.0 Å². The summed E-state index contributed by atoms with van der Waals surface area (Å²) in [5.41, 5.74) is 0. The molecule has 8 heteroatoms. The molecule has 236 valence electrons. The first kappa shape index (κ1) is 31.6. The van der Waals surface area contributed by atoms with Gasteiger partial charge in [-0.1, -0.05) is 31.1 Å². The van der Waals surface area contributed by atoms with E-state index in [-0.39, 0.29) is 25.1 Å². The number of carbonyl (C=O) groups excluding carboxylic acids is 1. The zero-order chi connectivity index (χ0) is 29.3. The Morgan fingerprint density at radius 2 is 1.55 bits per heavy atom. The van der Waals surface area contributed by atoms with E-state index in [2.05, 4.69) is 27.0 Å². The predicted octanol–water partition coefficient (Wildman–Crippen LogP) is 5.30. The van der Waals surface area contributed by atoms with Crippen LogP contribution in [0.2, 0.25) is 0 Å². The standard InChI is InChI=1S/C34H55N3O5/c1-41-29-17-15-28(16-18-29)35-34(40)36-20-5-6-21-37-30(23-36)33(31(37)24-42-22-19-32(38)39)27-13-11-26(12-14-27)10-9-25-7-3-2-4-8-25/h25-31,33H,2-8,11-24H2,1H3,(H,35,40)(H,38,39)/t26?,27?,28?,29?,30-,31+,33+/m0/s1. The first-order valence-corrected chi connectivity index (χ1v) is 17.2. The maximum absolute atomic E-state index is 13.5. The molecule has 0 unspecified atom stereocenters. The molecule has 5 rings (SSSR count). The van der Waals surface area contributed by atoms with Crippen LogP contribution >= 0.6 is 0 Å². The van der Waals surface area contributed by atoms with Gasteiger partial charge in [0.15, 0.2) is 0 Å². The molecule has 3 saturated carbocycles. The van der Waals surface area contributed by atoms with Crippen LogP contribution in [0.25, 0.3) is 0 Å². The maximum atomic E-state index is 13.5. The fourth-order valence-electron chi connectivity index (χ4n) is 8.54. The van der Waals surface area contributed by atoms with Gasteiger partial charge in [0.1, 0.15) is 0 Å². The Hall–Kier alpha value is -1.82. The summed E-state index contributed by atoms with van der Waals surface area (Å²) in [6.07, 6.45) is 17.8. The molecule has 0 aromatic heterocycles. The van der Waals surface area contributed by atoms with Crippen LogP contribution in [0.4, 0.5) is 4.79 Å². The van der Waals surface area contributed by atoms with Crippen LogP contribution in [0, 0.1) is 35.5 Å². The van der Waals surface area contributed by atoms with Crippen LogP contribution in [0.5, 0.6) is 0 Å². The molecular weight excluding hydrogens is 530 g/mol. The second-order valence-electron chi connectivity index (χ2n) is 13.7. The monoisotopic (exact) mass is 585 g/mol. The van der Waals surface area contributed by atoms with E-state index in [0.29, 0.717) is 48.5 Å². The molecule has 5 fully saturated rings. The van der Waals surface area contributed by atoms with Crippen LogP contribution in [0.15, 0.2) is 0 Å². The van der Waals surface area contributed by atoms with Gasteiger partial charge in [-0.05, 0) is 95.4 Å². The van der Waals surface area contributed by atoms with Gasteiger partial charge < -0.3 is 24.8 Å². The molecule has 0 radical (unpaired) electrons. The smallest absolute Gasteiger partial charge is 0.317 e. The van der Waals surface area contributed by atoms with E-state index < -0.39 is 5.97 Å². The molecule has 8 nitrogen and oxygen atoms in total. The minimum atomic E-state index is -0.811. The summed E-state index contributed by atoms with van der Waals surface area (Å²) >= 11 is 0. The van der Waals surface area contributed by atoms with Crippen molar-refractivity contribution in [1.82, 2.24) is 15.1 Å². The fourth-order valence-corrected chi connectivity index (χ4v) is 8.54. The molecule has 0 aromatic carbocycles. The molecule has 2 saturated heterocycles. The molecule has 3 atom stereocenters. The lowest BCUT2D eigenvalue weighted by atomic mass is 9.65. The number of hydrogen-bond donors (Lipinski definition) is 2. The number of methoxy groups -OCH3 is 1. The zero-order valence-corrected chi connectivity index (χ0v) is 25.9. The van der Waals surface area contributed by atoms with Crippen LogP contribution < -0.4 is 5.32 Å². The third-order valence-electron chi connectivity index (χ3n) is 11.0. The lowest BCUT2D eigenvalue weighted by Gasteiger charge is -2.60. The third kappa shape index (κ3) is 8.42. The number of amides is 2. The highest BCUT2D eigenvalue weighted by Crippen LogP contribution is 2.46. The molecule has 5 aliphatic rings. The average molecular weight is 586 g/mol. The van der Waals surface area contributed by atoms with Crippen LogP contribution in [0.1, 0.15) is 103 Å². The van der Waals surface area contributed by atoms with Crippen molar-refractivity contribution in [2.75, 3.05) is 40.0 Å². The van der Waals surface area contributed by atoms with E-state index in [1.54, 1.807) is 7.11 Å². The molecule has 0 bridgehead atoms. The van der Waals surface area contributed by atoms with Gasteiger partial charge in [0.2, 0.25) is 0 Å². The van der Waals surface area contributed by atoms with Gasteiger partial charge in [0.05, 0.1) is 25.7 Å². The number of ether oxygens (including phenoxy) is 2. The number of rotatable bonds is 8. The maximum Gasteiger partial charge on any atom is 0.317 e. The van der Waals surface area contributed by atoms with Crippen LogP contribution in [-0.2, 0) is 14.3 Å². The minimum Gasteiger partial charge on any atom is -0.481 e. The predicted molar refractivity (Wildman–Crippen MR) is 163 cm³/mol. The quantitative estimate of drug-likeness (QED) is 0.297. The highest BCUT2D eigenvalue weighted by Gasteiger charge is 2.52. The van der Waals surface area contributed by atoms with Crippen molar-refractivity contribution < 1.29 is 24.2 Å². The van der Waals surface area contributed by atoms with E-state index in [0.717, 1.165) is 58.2 Å². The molecule has 0 spiro atoms. The molecule has 3 aliphatic carbocycles. The Kier molecular flexibility index (Phi) is 11.9. The van der Waals surface area contributed by atoms with Crippen molar-refractivity contribution in [2.24, 2.45) is 23.7 Å². The zero-order valence-electron chi connectivity index (χ0n) is 25.9. The second kappa shape index (κ2) is 15.8. The molecule has 42 heavy (non-hydrogen) atoms. The van der Waals surface area contributed by atoms with E-state index in [1.165, 1.54) is 57.8 Å². The summed E-state index contributed by atoms with van der Waals surface area (Å²) in [5.74, 6) is 8.75. The summed E-state index contributed by atoms with van der Waals surface area (Å²) < 4.78 is 11.5. The normalized spacial score (nSPS) is 34.6.